The second-order valence-electron chi connectivity index (χ2n) is 4.96. The molecule has 0 fully saturated rings. The Morgan fingerprint density at radius 1 is 1.17 bits per heavy atom. The zero-order valence-electron chi connectivity index (χ0n) is 12.8. The van der Waals surface area contributed by atoms with Crippen LogP contribution in [-0.4, -0.2) is 18.2 Å². The first-order valence-electron chi connectivity index (χ1n) is 6.94. The molecule has 0 bridgehead atoms. The van der Waals surface area contributed by atoms with Crippen molar-refractivity contribution in [2.45, 2.75) is 13.8 Å². The topological polar surface area (TPSA) is 50.7 Å². The van der Waals surface area contributed by atoms with Crippen LogP contribution in [0.2, 0.25) is 0 Å². The third-order valence-corrected chi connectivity index (χ3v) is 4.18. The number of aryl methyl sites for hydroxylation is 1. The summed E-state index contributed by atoms with van der Waals surface area (Å²) in [6.45, 7) is 3.76. The highest BCUT2D eigenvalue weighted by atomic mass is 79.9. The number of amides is 1. The summed E-state index contributed by atoms with van der Waals surface area (Å²) in [4.78, 5) is 11.8. The van der Waals surface area contributed by atoms with Gasteiger partial charge >= 0.3 is 0 Å². The quantitative estimate of drug-likeness (QED) is 0.553. The number of benzene rings is 2. The predicted molar refractivity (Wildman–Crippen MR) is 98.9 cm³/mol. The fourth-order valence-corrected chi connectivity index (χ4v) is 2.93. The molecule has 1 N–H and O–H groups in total. The average Bonchev–Trinajstić information content (AvgIpc) is 2.52. The van der Waals surface area contributed by atoms with Crippen LogP contribution in [0.1, 0.15) is 18.1 Å². The number of carbonyl (C=O) groups excluding carboxylic acids is 1. The van der Waals surface area contributed by atoms with E-state index in [1.54, 1.807) is 6.07 Å². The minimum Gasteiger partial charge on any atom is -0.483 e. The molecule has 0 saturated heterocycles. The second-order valence-corrected chi connectivity index (χ2v) is 6.73. The van der Waals surface area contributed by atoms with Crippen LogP contribution in [0.5, 0.6) is 5.75 Å². The van der Waals surface area contributed by atoms with E-state index in [-0.39, 0.29) is 12.5 Å². The first-order chi connectivity index (χ1) is 11.0. The highest BCUT2D eigenvalue weighted by Gasteiger charge is 2.06. The van der Waals surface area contributed by atoms with Crippen LogP contribution < -0.4 is 10.2 Å². The Balaban J connectivity index is 1.89. The zero-order valence-corrected chi connectivity index (χ0v) is 15.9. The first kappa shape index (κ1) is 17.7. The molecule has 6 heteroatoms. The minimum absolute atomic E-state index is 0.106. The number of hydrogen-bond acceptors (Lipinski definition) is 3. The minimum atomic E-state index is -0.314. The third kappa shape index (κ3) is 5.48. The largest absolute Gasteiger partial charge is 0.483 e. The number of nitrogens with zero attached hydrogens (tertiary/aromatic N) is 1. The smallest absolute Gasteiger partial charge is 0.277 e. The number of hydrogen-bond donors (Lipinski definition) is 1. The molecule has 0 atom stereocenters. The number of ether oxygens (including phenoxy) is 1. The summed E-state index contributed by atoms with van der Waals surface area (Å²) in [5, 5.41) is 4.09. The Hall–Kier alpha value is -1.66. The van der Waals surface area contributed by atoms with Crippen LogP contribution in [-0.2, 0) is 4.79 Å². The van der Waals surface area contributed by atoms with Gasteiger partial charge in [0, 0.05) is 4.47 Å². The van der Waals surface area contributed by atoms with Gasteiger partial charge < -0.3 is 4.74 Å². The van der Waals surface area contributed by atoms with Gasteiger partial charge in [-0.3, -0.25) is 4.79 Å². The number of carbonyl (C=O) groups is 1. The molecule has 0 aliphatic heterocycles. The van der Waals surface area contributed by atoms with E-state index < -0.39 is 0 Å². The van der Waals surface area contributed by atoms with Crippen LogP contribution in [0, 0.1) is 6.92 Å². The molecule has 0 heterocycles. The molecule has 0 aliphatic rings. The van der Waals surface area contributed by atoms with Gasteiger partial charge in [-0.05, 0) is 53.5 Å². The maximum absolute atomic E-state index is 11.8. The Kier molecular flexibility index (Phi) is 6.36. The van der Waals surface area contributed by atoms with Gasteiger partial charge in [0.1, 0.15) is 5.75 Å². The maximum atomic E-state index is 11.8. The molecule has 2 aromatic rings. The van der Waals surface area contributed by atoms with Crippen molar-refractivity contribution in [2.75, 3.05) is 6.61 Å². The van der Waals surface area contributed by atoms with Crippen molar-refractivity contribution >= 4 is 43.5 Å². The fourth-order valence-electron chi connectivity index (χ4n) is 1.77. The molecular weight excluding hydrogens is 424 g/mol. The van der Waals surface area contributed by atoms with Gasteiger partial charge in [-0.15, -0.1) is 0 Å². The summed E-state index contributed by atoms with van der Waals surface area (Å²) in [6.07, 6.45) is 0. The first-order valence-corrected chi connectivity index (χ1v) is 8.52. The molecular formula is C17H16Br2N2O2. The molecule has 0 aromatic heterocycles. The van der Waals surface area contributed by atoms with E-state index in [0.717, 1.165) is 20.2 Å². The molecule has 120 valence electrons. The van der Waals surface area contributed by atoms with E-state index in [1.807, 2.05) is 50.2 Å². The Morgan fingerprint density at radius 3 is 2.52 bits per heavy atom. The molecule has 0 unspecified atom stereocenters. The van der Waals surface area contributed by atoms with Gasteiger partial charge in [-0.2, -0.15) is 5.10 Å². The molecule has 0 spiro atoms. The van der Waals surface area contributed by atoms with Gasteiger partial charge in [-0.25, -0.2) is 5.43 Å². The lowest BCUT2D eigenvalue weighted by Gasteiger charge is -2.08. The Morgan fingerprint density at radius 2 is 1.87 bits per heavy atom. The molecule has 0 saturated carbocycles. The van der Waals surface area contributed by atoms with Gasteiger partial charge in [0.15, 0.2) is 6.61 Å². The van der Waals surface area contributed by atoms with Crippen LogP contribution >= 0.6 is 31.9 Å². The van der Waals surface area contributed by atoms with Crippen molar-refractivity contribution in [2.24, 2.45) is 5.10 Å². The molecule has 2 aromatic carbocycles. The molecule has 0 aliphatic carbocycles. The zero-order chi connectivity index (χ0) is 16.8. The monoisotopic (exact) mass is 438 g/mol. The molecule has 2 rings (SSSR count). The van der Waals surface area contributed by atoms with Crippen LogP contribution in [0.25, 0.3) is 0 Å². The lowest BCUT2D eigenvalue weighted by Crippen LogP contribution is -2.25. The van der Waals surface area contributed by atoms with Gasteiger partial charge in [-0.1, -0.05) is 45.8 Å². The number of rotatable bonds is 5. The highest BCUT2D eigenvalue weighted by Crippen LogP contribution is 2.28. The van der Waals surface area contributed by atoms with E-state index in [0.29, 0.717) is 5.75 Å². The number of halogens is 2. The predicted octanol–water partition coefficient (Wildman–Crippen LogP) is 4.44. The number of nitrogens with one attached hydrogen (secondary N) is 1. The summed E-state index contributed by atoms with van der Waals surface area (Å²) < 4.78 is 7.17. The van der Waals surface area contributed by atoms with Crippen LogP contribution in [0.4, 0.5) is 0 Å². The van der Waals surface area contributed by atoms with Gasteiger partial charge in [0.25, 0.3) is 5.91 Å². The lowest BCUT2D eigenvalue weighted by atomic mass is 10.1. The highest BCUT2D eigenvalue weighted by molar-refractivity contribution is 9.11. The average molecular weight is 440 g/mol. The van der Waals surface area contributed by atoms with Crippen molar-refractivity contribution in [1.82, 2.24) is 5.43 Å². The summed E-state index contributed by atoms with van der Waals surface area (Å²) in [5.41, 5.74) is 5.38. The van der Waals surface area contributed by atoms with E-state index in [9.17, 15) is 4.79 Å². The van der Waals surface area contributed by atoms with Crippen LogP contribution in [0.15, 0.2) is 56.5 Å². The number of hydrazone groups is 1. The summed E-state index contributed by atoms with van der Waals surface area (Å²) in [6, 6.07) is 13.4. The Labute approximate surface area is 152 Å². The van der Waals surface area contributed by atoms with Crippen molar-refractivity contribution in [3.05, 3.63) is 62.5 Å². The van der Waals surface area contributed by atoms with E-state index in [1.165, 1.54) is 5.56 Å². The SMILES string of the molecule is CC(=NNC(=O)COc1ccc(Br)cc1Br)c1ccc(C)cc1. The van der Waals surface area contributed by atoms with Crippen LogP contribution in [0.3, 0.4) is 0 Å². The van der Waals surface area contributed by atoms with E-state index in [2.05, 4.69) is 42.4 Å². The van der Waals surface area contributed by atoms with E-state index in [4.69, 9.17) is 4.74 Å². The van der Waals surface area contributed by atoms with Crippen molar-refractivity contribution < 1.29 is 9.53 Å². The summed E-state index contributed by atoms with van der Waals surface area (Å²) >= 11 is 6.74. The second kappa shape index (κ2) is 8.26. The summed E-state index contributed by atoms with van der Waals surface area (Å²) in [5.74, 6) is 0.286. The Bertz CT molecular complexity index is 728. The molecule has 4 nitrogen and oxygen atoms in total. The molecule has 1 amide bonds. The molecule has 0 radical (unpaired) electrons. The lowest BCUT2D eigenvalue weighted by molar-refractivity contribution is -0.123. The van der Waals surface area contributed by atoms with Crippen molar-refractivity contribution in [3.8, 4) is 5.75 Å². The molecule has 23 heavy (non-hydrogen) atoms. The summed E-state index contributed by atoms with van der Waals surface area (Å²) in [7, 11) is 0. The fraction of sp³-hybridized carbons (Fsp3) is 0.176. The standard InChI is InChI=1S/C17H16Br2N2O2/c1-11-3-5-13(6-4-11)12(2)20-21-17(22)10-23-16-8-7-14(18)9-15(16)19/h3-9H,10H2,1-2H3,(H,21,22). The van der Waals surface area contributed by atoms with Crippen molar-refractivity contribution in [3.63, 3.8) is 0 Å². The normalized spacial score (nSPS) is 11.2. The van der Waals surface area contributed by atoms with Gasteiger partial charge in [0.2, 0.25) is 0 Å². The van der Waals surface area contributed by atoms with Crippen molar-refractivity contribution in [1.29, 1.82) is 0 Å². The van der Waals surface area contributed by atoms with Gasteiger partial charge in [0.05, 0.1) is 10.2 Å². The third-order valence-electron chi connectivity index (χ3n) is 3.07. The van der Waals surface area contributed by atoms with E-state index >= 15 is 0 Å². The maximum Gasteiger partial charge on any atom is 0.277 e.